The Morgan fingerprint density at radius 2 is 1.77 bits per heavy atom. The van der Waals surface area contributed by atoms with Crippen molar-refractivity contribution in [3.8, 4) is 11.5 Å². The van der Waals surface area contributed by atoms with Crippen molar-refractivity contribution in [3.63, 3.8) is 0 Å². The molecule has 0 aromatic heterocycles. The second kappa shape index (κ2) is 6.30. The Morgan fingerprint density at radius 3 is 2.35 bits per heavy atom. The Labute approximate surface area is 151 Å². The lowest BCUT2D eigenvalue weighted by molar-refractivity contribution is -0.274. The predicted molar refractivity (Wildman–Crippen MR) is 90.0 cm³/mol. The van der Waals surface area contributed by atoms with Crippen LogP contribution in [0, 0.1) is 5.41 Å². The van der Waals surface area contributed by atoms with Gasteiger partial charge in [0.2, 0.25) is 0 Å². The molecule has 9 heteroatoms. The van der Waals surface area contributed by atoms with Gasteiger partial charge in [-0.25, -0.2) is 8.42 Å². The van der Waals surface area contributed by atoms with Crippen molar-refractivity contribution in [2.75, 3.05) is 31.1 Å². The van der Waals surface area contributed by atoms with E-state index < -0.39 is 21.8 Å². The van der Waals surface area contributed by atoms with Crippen LogP contribution >= 0.6 is 0 Å². The largest absolute Gasteiger partial charge is 0.573 e. The number of ether oxygens (including phenoxy) is 2. The molecular formula is C17H22F3NO4S. The van der Waals surface area contributed by atoms with E-state index in [1.54, 1.807) is 6.07 Å². The van der Waals surface area contributed by atoms with Crippen molar-refractivity contribution in [2.45, 2.75) is 32.2 Å². The van der Waals surface area contributed by atoms with Gasteiger partial charge in [-0.2, -0.15) is 0 Å². The van der Waals surface area contributed by atoms with Crippen LogP contribution in [0.5, 0.6) is 11.5 Å². The first-order valence-corrected chi connectivity index (χ1v) is 10.2. The lowest BCUT2D eigenvalue weighted by Gasteiger charge is -2.38. The monoisotopic (exact) mass is 393 g/mol. The summed E-state index contributed by atoms with van der Waals surface area (Å²) in [7, 11) is -2.87. The summed E-state index contributed by atoms with van der Waals surface area (Å²) < 4.78 is 69.7. The summed E-state index contributed by atoms with van der Waals surface area (Å²) in [6.45, 7) is 5.76. The molecule has 26 heavy (non-hydrogen) atoms. The first-order valence-electron chi connectivity index (χ1n) is 8.33. The fourth-order valence-corrected chi connectivity index (χ4v) is 6.17. The highest BCUT2D eigenvalue weighted by molar-refractivity contribution is 7.92. The van der Waals surface area contributed by atoms with Crippen molar-refractivity contribution in [1.29, 1.82) is 0 Å². The zero-order chi connectivity index (χ0) is 19.2. The minimum absolute atomic E-state index is 0.130. The van der Waals surface area contributed by atoms with Crippen molar-refractivity contribution < 1.29 is 31.1 Å². The van der Waals surface area contributed by atoms with Gasteiger partial charge in [0.15, 0.2) is 9.84 Å². The molecule has 0 N–H and O–H groups in total. The summed E-state index contributed by atoms with van der Waals surface area (Å²) >= 11 is 0. The molecule has 1 spiro atoms. The van der Waals surface area contributed by atoms with Gasteiger partial charge in [0.1, 0.15) is 17.1 Å². The Balaban J connectivity index is 1.59. The normalized spacial score (nSPS) is 22.2. The Morgan fingerprint density at radius 1 is 1.15 bits per heavy atom. The molecule has 1 aromatic carbocycles. The molecule has 0 aliphatic carbocycles. The van der Waals surface area contributed by atoms with Gasteiger partial charge in [-0.05, 0) is 38.9 Å². The molecule has 2 heterocycles. The van der Waals surface area contributed by atoms with Gasteiger partial charge in [-0.1, -0.05) is 6.07 Å². The van der Waals surface area contributed by atoms with Gasteiger partial charge < -0.3 is 9.47 Å². The number of rotatable bonds is 5. The number of halogens is 3. The third kappa shape index (κ3) is 4.82. The molecule has 0 radical (unpaired) electrons. The van der Waals surface area contributed by atoms with Crippen LogP contribution in [-0.2, 0) is 9.84 Å². The van der Waals surface area contributed by atoms with Gasteiger partial charge in [-0.3, -0.25) is 4.90 Å². The first kappa shape index (κ1) is 19.3. The van der Waals surface area contributed by atoms with Gasteiger partial charge in [-0.15, -0.1) is 13.2 Å². The highest BCUT2D eigenvalue weighted by Crippen LogP contribution is 2.41. The Kier molecular flexibility index (Phi) is 4.67. The number of nitrogens with zero attached hydrogens (tertiary/aromatic N) is 1. The minimum Gasteiger partial charge on any atom is -0.486 e. The number of hydrogen-bond acceptors (Lipinski definition) is 5. The number of benzene rings is 1. The minimum atomic E-state index is -4.75. The van der Waals surface area contributed by atoms with Crippen LogP contribution in [-0.4, -0.2) is 56.4 Å². The zero-order valence-corrected chi connectivity index (χ0v) is 15.5. The second-order valence-electron chi connectivity index (χ2n) is 7.88. The predicted octanol–water partition coefficient (Wildman–Crippen LogP) is 2.86. The number of alkyl halides is 3. The van der Waals surface area contributed by atoms with Gasteiger partial charge in [0.05, 0.1) is 11.5 Å². The van der Waals surface area contributed by atoms with E-state index in [0.29, 0.717) is 13.1 Å². The van der Waals surface area contributed by atoms with Crippen LogP contribution in [0.25, 0.3) is 0 Å². The molecule has 0 saturated carbocycles. The fourth-order valence-electron chi connectivity index (χ4n) is 3.91. The molecule has 1 aromatic rings. The maximum absolute atomic E-state index is 12.3. The molecule has 2 aliphatic rings. The van der Waals surface area contributed by atoms with E-state index in [9.17, 15) is 21.6 Å². The molecule has 3 rings (SSSR count). The van der Waals surface area contributed by atoms with Crippen LogP contribution < -0.4 is 9.47 Å². The van der Waals surface area contributed by atoms with E-state index in [1.165, 1.54) is 18.2 Å². The van der Waals surface area contributed by atoms with Crippen LogP contribution in [0.4, 0.5) is 13.2 Å². The molecule has 5 nitrogen and oxygen atoms in total. The molecule has 146 valence electrons. The van der Waals surface area contributed by atoms with E-state index >= 15 is 0 Å². The second-order valence-corrected chi connectivity index (χ2v) is 9.94. The molecule has 2 aliphatic heterocycles. The number of likely N-dealkylation sites (tertiary alicyclic amines) is 1. The van der Waals surface area contributed by atoms with Crippen LogP contribution in [0.1, 0.15) is 20.3 Å². The zero-order valence-electron chi connectivity index (χ0n) is 14.7. The Hall–Kier alpha value is -1.48. The molecular weight excluding hydrogens is 371 g/mol. The van der Waals surface area contributed by atoms with Crippen molar-refractivity contribution in [1.82, 2.24) is 4.90 Å². The maximum Gasteiger partial charge on any atom is 0.573 e. The number of sulfone groups is 1. The summed E-state index contributed by atoms with van der Waals surface area (Å²) in [5, 5.41) is 0. The van der Waals surface area contributed by atoms with E-state index in [-0.39, 0.29) is 28.4 Å². The van der Waals surface area contributed by atoms with Crippen LogP contribution in [0.2, 0.25) is 0 Å². The molecule has 0 atom stereocenters. The molecule has 0 amide bonds. The highest BCUT2D eigenvalue weighted by atomic mass is 32.2. The van der Waals surface area contributed by atoms with Crippen molar-refractivity contribution in [3.05, 3.63) is 24.3 Å². The molecule has 0 bridgehead atoms. The average Bonchev–Trinajstić information content (AvgIpc) is 2.77. The van der Waals surface area contributed by atoms with Gasteiger partial charge in [0.25, 0.3) is 0 Å². The van der Waals surface area contributed by atoms with Gasteiger partial charge >= 0.3 is 6.36 Å². The van der Waals surface area contributed by atoms with E-state index in [0.717, 1.165) is 13.0 Å². The Bertz CT molecular complexity index is 764. The number of hydrogen-bond donors (Lipinski definition) is 0. The van der Waals surface area contributed by atoms with E-state index in [4.69, 9.17) is 4.74 Å². The summed E-state index contributed by atoms with van der Waals surface area (Å²) in [6.07, 6.45) is -3.90. The lowest BCUT2D eigenvalue weighted by atomic mass is 9.91. The quantitative estimate of drug-likeness (QED) is 0.770. The smallest absolute Gasteiger partial charge is 0.486 e. The molecule has 2 saturated heterocycles. The summed E-state index contributed by atoms with van der Waals surface area (Å²) in [5.74, 6) is 0.450. The van der Waals surface area contributed by atoms with Crippen LogP contribution in [0.15, 0.2) is 24.3 Å². The maximum atomic E-state index is 12.3. The van der Waals surface area contributed by atoms with Gasteiger partial charge in [0, 0.05) is 24.6 Å². The van der Waals surface area contributed by atoms with Crippen molar-refractivity contribution in [2.24, 2.45) is 5.41 Å². The average molecular weight is 393 g/mol. The lowest BCUT2D eigenvalue weighted by Crippen LogP contribution is -2.51. The topological polar surface area (TPSA) is 55.8 Å². The third-order valence-corrected chi connectivity index (χ3v) is 6.71. The molecule has 0 unspecified atom stereocenters. The summed E-state index contributed by atoms with van der Waals surface area (Å²) in [5.41, 5.74) is -0.777. The fraction of sp³-hybridized carbons (Fsp3) is 0.647. The molecule has 2 fully saturated rings. The SMILES string of the molecule is CC(C)(CN1CCC2(C1)CS(=O)(=O)C2)Oc1cccc(OC(F)(F)F)c1. The highest BCUT2D eigenvalue weighted by Gasteiger charge is 2.52. The summed E-state index contributed by atoms with van der Waals surface area (Å²) in [4.78, 5) is 2.16. The summed E-state index contributed by atoms with van der Waals surface area (Å²) in [6, 6.07) is 5.44. The van der Waals surface area contributed by atoms with E-state index in [2.05, 4.69) is 9.64 Å². The van der Waals surface area contributed by atoms with E-state index in [1.807, 2.05) is 13.8 Å². The standard InChI is InChI=1S/C17H22F3NO4S/c1-15(2,9-21-7-6-16(10-21)11-26(22,23)12-16)24-13-4-3-5-14(8-13)25-17(18,19)20/h3-5,8H,6-7,9-12H2,1-2H3. The van der Waals surface area contributed by atoms with Crippen molar-refractivity contribution >= 4 is 9.84 Å². The third-order valence-electron chi connectivity index (χ3n) is 4.61. The van der Waals surface area contributed by atoms with Crippen LogP contribution in [0.3, 0.4) is 0 Å². The first-order chi connectivity index (χ1) is 11.9.